The largest absolute Gasteiger partial charge is 0.417 e. The number of sulfonamides is 2. The molecule has 0 aliphatic rings. The monoisotopic (exact) mass is 530 g/mol. The van der Waals surface area contributed by atoms with E-state index >= 15 is 0 Å². The van der Waals surface area contributed by atoms with Gasteiger partial charge in [0.2, 0.25) is 0 Å². The van der Waals surface area contributed by atoms with Gasteiger partial charge in [-0.3, -0.25) is 0 Å². The molecule has 0 aromatic heterocycles. The second-order valence-electron chi connectivity index (χ2n) is 5.89. The minimum absolute atomic E-state index is 0.410. The van der Waals surface area contributed by atoms with Crippen molar-refractivity contribution in [2.45, 2.75) is 22.1 Å². The lowest BCUT2D eigenvalue weighted by molar-refractivity contribution is -0.143. The lowest BCUT2D eigenvalue weighted by atomic mass is 10.0. The average molecular weight is 530 g/mol. The number of hydrogen-bond donors (Lipinski definition) is 1. The minimum Gasteiger partial charge on any atom is -0.206 e. The van der Waals surface area contributed by atoms with E-state index < -0.39 is 100 Å². The van der Waals surface area contributed by atoms with Gasteiger partial charge in [-0.05, 0) is 12.1 Å². The predicted octanol–water partition coefficient (Wildman–Crippen LogP) is 3.82. The van der Waals surface area contributed by atoms with Gasteiger partial charge in [0.05, 0.1) is 21.6 Å². The summed E-state index contributed by atoms with van der Waals surface area (Å²) in [6, 6.07) is -0.955. The molecule has 2 aromatic rings. The normalized spacial score (nSPS) is 13.1. The summed E-state index contributed by atoms with van der Waals surface area (Å²) in [5, 5.41) is 8.70. The fourth-order valence-corrected chi connectivity index (χ4v) is 5.45. The number of hydrogen-bond acceptors (Lipinski definition) is 5. The highest BCUT2D eigenvalue weighted by Gasteiger charge is 2.43. The molecule has 1 N–H and O–H groups in total. The Labute approximate surface area is 177 Å². The molecule has 0 heterocycles. The van der Waals surface area contributed by atoms with Gasteiger partial charge >= 0.3 is 12.4 Å². The first-order valence-corrected chi connectivity index (χ1v) is 10.5. The van der Waals surface area contributed by atoms with Crippen molar-refractivity contribution in [3.8, 4) is 6.07 Å². The van der Waals surface area contributed by atoms with Gasteiger partial charge in [0.25, 0.3) is 20.0 Å². The summed E-state index contributed by atoms with van der Waals surface area (Å²) < 4.78 is 182. The summed E-state index contributed by atoms with van der Waals surface area (Å²) in [4.78, 5) is -4.60. The maximum absolute atomic E-state index is 13.7. The molecular weight excluding hydrogens is 526 g/mol. The molecule has 2 aromatic carbocycles. The SMILES string of the molecule is N#Cc1c(C(F)(F)F)cc(S(=O)(=O)NS(=O)(=O)c2c(F)c(F)cc(F)c2F)cc1C(F)(F)F. The lowest BCUT2D eigenvalue weighted by Gasteiger charge is -2.17. The van der Waals surface area contributed by atoms with Crippen molar-refractivity contribution < 1.29 is 60.7 Å². The molecule has 0 spiro atoms. The van der Waals surface area contributed by atoms with Crippen LogP contribution < -0.4 is 4.13 Å². The van der Waals surface area contributed by atoms with Crippen molar-refractivity contribution in [2.24, 2.45) is 0 Å². The van der Waals surface area contributed by atoms with E-state index in [9.17, 15) is 60.7 Å². The average Bonchev–Trinajstić information content (AvgIpc) is 2.62. The van der Waals surface area contributed by atoms with Crippen LogP contribution in [-0.2, 0) is 32.4 Å². The third-order valence-electron chi connectivity index (χ3n) is 3.70. The quantitative estimate of drug-likeness (QED) is 0.478. The van der Waals surface area contributed by atoms with Crippen LogP contribution >= 0.6 is 0 Å². The van der Waals surface area contributed by atoms with Crippen LogP contribution in [-0.4, -0.2) is 16.8 Å². The first kappa shape index (κ1) is 26.3. The lowest BCUT2D eigenvalue weighted by Crippen LogP contribution is -2.33. The van der Waals surface area contributed by atoms with E-state index in [1.165, 1.54) is 0 Å². The van der Waals surface area contributed by atoms with E-state index in [1.54, 1.807) is 0 Å². The Bertz CT molecular complexity index is 1330. The highest BCUT2D eigenvalue weighted by atomic mass is 32.3. The van der Waals surface area contributed by atoms with E-state index in [0.29, 0.717) is 10.2 Å². The van der Waals surface area contributed by atoms with Crippen LogP contribution in [0.5, 0.6) is 0 Å². The molecule has 0 saturated carbocycles. The maximum atomic E-state index is 13.7. The summed E-state index contributed by atoms with van der Waals surface area (Å²) >= 11 is 0. The van der Waals surface area contributed by atoms with Crippen molar-refractivity contribution in [3.63, 3.8) is 0 Å². The molecule has 0 radical (unpaired) electrons. The van der Waals surface area contributed by atoms with Crippen LogP contribution in [0.2, 0.25) is 0 Å². The molecule has 180 valence electrons. The van der Waals surface area contributed by atoms with Crippen molar-refractivity contribution >= 4 is 20.0 Å². The first-order valence-electron chi connectivity index (χ1n) is 7.58. The van der Waals surface area contributed by atoms with Crippen molar-refractivity contribution in [2.75, 3.05) is 0 Å². The van der Waals surface area contributed by atoms with Gasteiger partial charge in [-0.25, -0.2) is 34.4 Å². The molecule has 18 heteroatoms. The van der Waals surface area contributed by atoms with Gasteiger partial charge in [-0.1, -0.05) is 0 Å². The maximum Gasteiger partial charge on any atom is 0.417 e. The smallest absolute Gasteiger partial charge is 0.206 e. The molecule has 6 nitrogen and oxygen atoms in total. The number of nitrogens with one attached hydrogen (secondary N) is 1. The zero-order valence-electron chi connectivity index (χ0n) is 14.9. The van der Waals surface area contributed by atoms with Crippen molar-refractivity contribution in [3.05, 3.63) is 58.2 Å². The number of rotatable bonds is 4. The predicted molar refractivity (Wildman–Crippen MR) is 84.9 cm³/mol. The first-order chi connectivity index (χ1) is 14.7. The Morgan fingerprint density at radius 1 is 0.727 bits per heavy atom. The van der Waals surface area contributed by atoms with Crippen LogP contribution in [0.25, 0.3) is 0 Å². The Balaban J connectivity index is 2.80. The fraction of sp³-hybridized carbons (Fsp3) is 0.133. The molecule has 0 bridgehead atoms. The Kier molecular flexibility index (Phi) is 6.50. The zero-order valence-corrected chi connectivity index (χ0v) is 16.5. The molecule has 0 amide bonds. The Morgan fingerprint density at radius 3 is 1.45 bits per heavy atom. The van der Waals surface area contributed by atoms with E-state index in [1.807, 2.05) is 0 Å². The zero-order chi connectivity index (χ0) is 25.7. The van der Waals surface area contributed by atoms with Crippen LogP contribution in [0.4, 0.5) is 43.9 Å². The summed E-state index contributed by atoms with van der Waals surface area (Å²) in [5.74, 6) is -9.90. The summed E-state index contributed by atoms with van der Waals surface area (Å²) in [6.45, 7) is 0. The van der Waals surface area contributed by atoms with Gasteiger partial charge in [-0.15, -0.1) is 4.13 Å². The number of alkyl halides is 6. The number of nitriles is 1. The van der Waals surface area contributed by atoms with Crippen molar-refractivity contribution in [1.82, 2.24) is 4.13 Å². The number of benzene rings is 2. The van der Waals surface area contributed by atoms with Crippen LogP contribution in [0, 0.1) is 34.6 Å². The van der Waals surface area contributed by atoms with Gasteiger partial charge in [0, 0.05) is 6.07 Å². The Morgan fingerprint density at radius 2 is 1.12 bits per heavy atom. The van der Waals surface area contributed by atoms with Crippen LogP contribution in [0.1, 0.15) is 16.7 Å². The van der Waals surface area contributed by atoms with Gasteiger partial charge in [0.15, 0.2) is 28.2 Å². The second kappa shape index (κ2) is 8.14. The molecule has 0 saturated heterocycles. The van der Waals surface area contributed by atoms with E-state index in [-0.39, 0.29) is 0 Å². The molecular formula is C15H4F10N2O4S2. The topological polar surface area (TPSA) is 104 Å². The van der Waals surface area contributed by atoms with Crippen LogP contribution in [0.15, 0.2) is 28.0 Å². The van der Waals surface area contributed by atoms with E-state index in [2.05, 4.69) is 0 Å². The third-order valence-corrected chi connectivity index (χ3v) is 7.21. The van der Waals surface area contributed by atoms with Gasteiger partial charge < -0.3 is 0 Å². The number of nitrogens with zero attached hydrogens (tertiary/aromatic N) is 1. The highest BCUT2D eigenvalue weighted by Crippen LogP contribution is 2.41. The minimum atomic E-state index is -6.18. The van der Waals surface area contributed by atoms with Gasteiger partial charge in [0.1, 0.15) is 6.07 Å². The molecule has 0 atom stereocenters. The summed E-state index contributed by atoms with van der Waals surface area (Å²) in [6.07, 6.45) is -11.5. The molecule has 0 aliphatic heterocycles. The standard InChI is InChI=1S/C15H4F10N2O4S2/c16-9-3-10(17)12(19)13(11(9)18)33(30,31)27-32(28,29)5-1-7(14(20,21)22)6(4-26)8(2-5)15(23,24)25/h1-3,27H. The van der Waals surface area contributed by atoms with Gasteiger partial charge in [-0.2, -0.15) is 31.6 Å². The molecule has 33 heavy (non-hydrogen) atoms. The third kappa shape index (κ3) is 5.04. The second-order valence-corrected chi connectivity index (χ2v) is 9.45. The van der Waals surface area contributed by atoms with E-state index in [4.69, 9.17) is 5.26 Å². The fourth-order valence-electron chi connectivity index (χ4n) is 2.36. The molecule has 0 aliphatic carbocycles. The van der Waals surface area contributed by atoms with E-state index in [0.717, 1.165) is 0 Å². The molecule has 2 rings (SSSR count). The summed E-state index contributed by atoms with van der Waals surface area (Å²) in [5.41, 5.74) is -6.93. The molecule has 0 unspecified atom stereocenters. The van der Waals surface area contributed by atoms with Crippen LogP contribution in [0.3, 0.4) is 0 Å². The Hall–Kier alpha value is -2.91. The number of halogens is 10. The van der Waals surface area contributed by atoms with Crippen molar-refractivity contribution in [1.29, 1.82) is 5.26 Å². The molecule has 0 fully saturated rings. The summed E-state index contributed by atoms with van der Waals surface area (Å²) in [7, 11) is -12.2. The highest BCUT2D eigenvalue weighted by molar-refractivity contribution is 8.04.